The number of hydrogen-bond donors (Lipinski definition) is 2. The van der Waals surface area contributed by atoms with Crippen LogP contribution in [0, 0.1) is 0 Å². The van der Waals surface area contributed by atoms with Gasteiger partial charge in [0.25, 0.3) is 5.91 Å². The van der Waals surface area contributed by atoms with Crippen molar-refractivity contribution in [3.8, 4) is 0 Å². The lowest BCUT2D eigenvalue weighted by Gasteiger charge is -2.01. The van der Waals surface area contributed by atoms with E-state index in [0.717, 1.165) is 6.07 Å². The molecule has 1 aromatic carbocycles. The van der Waals surface area contributed by atoms with Gasteiger partial charge < -0.3 is 15.9 Å². The van der Waals surface area contributed by atoms with Gasteiger partial charge in [0.1, 0.15) is 0 Å². The minimum atomic E-state index is -0.794. The smallest absolute Gasteiger partial charge is 0.284 e. The molecular formula is C10H8N2O3. The molecule has 0 bridgehead atoms. The molecule has 2 aromatic rings. The molecular weight excluding hydrogens is 196 g/mol. The van der Waals surface area contributed by atoms with E-state index in [0.29, 0.717) is 11.1 Å². The first-order chi connectivity index (χ1) is 7.09. The van der Waals surface area contributed by atoms with E-state index in [1.165, 1.54) is 0 Å². The highest BCUT2D eigenvalue weighted by molar-refractivity contribution is 5.94. The molecule has 0 aliphatic rings. The molecule has 0 radical (unpaired) electrons. The number of hydrogen-bond acceptors (Lipinski definition) is 4. The molecule has 15 heavy (non-hydrogen) atoms. The maximum absolute atomic E-state index is 11.5. The Hall–Kier alpha value is -2.30. The number of benzene rings is 1. The standard InChI is InChI=1S/C10H8N2O3/c11-6-3-1-2-5-7(13)4-8(10(12)14)15-9(5)6/h1-4H,11H2,(H2,12,14). The molecule has 5 heteroatoms. The largest absolute Gasteiger partial charge is 0.448 e. The topological polar surface area (TPSA) is 99.3 Å². The monoisotopic (exact) mass is 204 g/mol. The van der Waals surface area contributed by atoms with Gasteiger partial charge in [-0.05, 0) is 12.1 Å². The number of rotatable bonds is 1. The van der Waals surface area contributed by atoms with Crippen LogP contribution in [0.5, 0.6) is 0 Å². The first-order valence-electron chi connectivity index (χ1n) is 4.22. The summed E-state index contributed by atoms with van der Waals surface area (Å²) in [6.45, 7) is 0. The Morgan fingerprint density at radius 2 is 2.07 bits per heavy atom. The summed E-state index contributed by atoms with van der Waals surface area (Å²) in [5.41, 5.74) is 10.8. The summed E-state index contributed by atoms with van der Waals surface area (Å²) < 4.78 is 5.14. The fraction of sp³-hybridized carbons (Fsp3) is 0. The quantitative estimate of drug-likeness (QED) is 0.659. The average molecular weight is 204 g/mol. The predicted molar refractivity (Wildman–Crippen MR) is 55.4 cm³/mol. The van der Waals surface area contributed by atoms with Crippen LogP contribution < -0.4 is 16.9 Å². The van der Waals surface area contributed by atoms with Crippen LogP contribution in [0.1, 0.15) is 10.6 Å². The minimum absolute atomic E-state index is 0.189. The molecule has 0 saturated heterocycles. The number of carbonyl (C=O) groups is 1. The first kappa shape index (κ1) is 9.26. The van der Waals surface area contributed by atoms with Gasteiger partial charge in [-0.25, -0.2) is 0 Å². The molecule has 0 atom stereocenters. The van der Waals surface area contributed by atoms with Gasteiger partial charge in [-0.3, -0.25) is 9.59 Å². The van der Waals surface area contributed by atoms with Gasteiger partial charge in [-0.15, -0.1) is 0 Å². The van der Waals surface area contributed by atoms with Gasteiger partial charge in [-0.2, -0.15) is 0 Å². The van der Waals surface area contributed by atoms with E-state index < -0.39 is 5.91 Å². The lowest BCUT2D eigenvalue weighted by atomic mass is 10.2. The Labute approximate surface area is 84.3 Å². The highest BCUT2D eigenvalue weighted by Gasteiger charge is 2.10. The van der Waals surface area contributed by atoms with Crippen LogP contribution >= 0.6 is 0 Å². The molecule has 76 valence electrons. The van der Waals surface area contributed by atoms with Crippen molar-refractivity contribution in [3.05, 3.63) is 40.2 Å². The molecule has 5 nitrogen and oxygen atoms in total. The minimum Gasteiger partial charge on any atom is -0.448 e. The van der Waals surface area contributed by atoms with Crippen LogP contribution in [0.15, 0.2) is 33.5 Å². The van der Waals surface area contributed by atoms with E-state index in [9.17, 15) is 9.59 Å². The van der Waals surface area contributed by atoms with Crippen molar-refractivity contribution in [1.29, 1.82) is 0 Å². The number of nitrogens with two attached hydrogens (primary N) is 2. The Morgan fingerprint density at radius 1 is 1.33 bits per heavy atom. The van der Waals surface area contributed by atoms with Gasteiger partial charge in [0.15, 0.2) is 16.8 Å². The summed E-state index contributed by atoms with van der Waals surface area (Å²) in [6, 6.07) is 5.85. The SMILES string of the molecule is NC(=O)c1cc(=O)c2cccc(N)c2o1. The van der Waals surface area contributed by atoms with Crippen molar-refractivity contribution in [2.24, 2.45) is 5.73 Å². The van der Waals surface area contributed by atoms with Crippen molar-refractivity contribution in [3.63, 3.8) is 0 Å². The molecule has 0 spiro atoms. The van der Waals surface area contributed by atoms with Crippen LogP contribution in [0.25, 0.3) is 11.0 Å². The molecule has 2 rings (SSSR count). The summed E-state index contributed by atoms with van der Waals surface area (Å²) in [5.74, 6) is -0.984. The van der Waals surface area contributed by atoms with E-state index in [1.807, 2.05) is 0 Å². The number of para-hydroxylation sites is 1. The third-order valence-electron chi connectivity index (χ3n) is 2.03. The summed E-state index contributed by atoms with van der Waals surface area (Å²) in [7, 11) is 0. The van der Waals surface area contributed by atoms with Crippen LogP contribution in [0.4, 0.5) is 5.69 Å². The Bertz CT molecular complexity index is 601. The average Bonchev–Trinajstić information content (AvgIpc) is 2.19. The zero-order chi connectivity index (χ0) is 11.0. The highest BCUT2D eigenvalue weighted by Crippen LogP contribution is 2.18. The molecule has 0 aliphatic heterocycles. The number of amides is 1. The van der Waals surface area contributed by atoms with Crippen LogP contribution in [-0.4, -0.2) is 5.91 Å². The van der Waals surface area contributed by atoms with Crippen LogP contribution in [0.2, 0.25) is 0 Å². The lowest BCUT2D eigenvalue weighted by Crippen LogP contribution is -2.14. The van der Waals surface area contributed by atoms with Crippen molar-refractivity contribution >= 4 is 22.6 Å². The zero-order valence-corrected chi connectivity index (χ0v) is 7.69. The number of carbonyl (C=O) groups excluding carboxylic acids is 1. The van der Waals surface area contributed by atoms with Gasteiger partial charge in [0.2, 0.25) is 0 Å². The molecule has 1 amide bonds. The number of primary amides is 1. The van der Waals surface area contributed by atoms with Gasteiger partial charge in [0, 0.05) is 6.07 Å². The third kappa shape index (κ3) is 1.43. The molecule has 0 fully saturated rings. The van der Waals surface area contributed by atoms with E-state index in [2.05, 4.69) is 0 Å². The first-order valence-corrected chi connectivity index (χ1v) is 4.22. The summed E-state index contributed by atoms with van der Waals surface area (Å²) in [4.78, 5) is 22.4. The van der Waals surface area contributed by atoms with Gasteiger partial charge in [-0.1, -0.05) is 6.07 Å². The summed E-state index contributed by atoms with van der Waals surface area (Å²) >= 11 is 0. The molecule has 1 aromatic heterocycles. The maximum Gasteiger partial charge on any atom is 0.284 e. The van der Waals surface area contributed by atoms with E-state index in [4.69, 9.17) is 15.9 Å². The molecule has 0 saturated carbocycles. The number of fused-ring (bicyclic) bond motifs is 1. The van der Waals surface area contributed by atoms with E-state index in [1.54, 1.807) is 18.2 Å². The van der Waals surface area contributed by atoms with Crippen molar-refractivity contribution in [2.75, 3.05) is 5.73 Å². The third-order valence-corrected chi connectivity index (χ3v) is 2.03. The van der Waals surface area contributed by atoms with E-state index >= 15 is 0 Å². The second-order valence-electron chi connectivity index (χ2n) is 3.06. The zero-order valence-electron chi connectivity index (χ0n) is 7.69. The lowest BCUT2D eigenvalue weighted by molar-refractivity contribution is 0.0974. The maximum atomic E-state index is 11.5. The second-order valence-corrected chi connectivity index (χ2v) is 3.06. The second kappa shape index (κ2) is 3.13. The van der Waals surface area contributed by atoms with Crippen molar-refractivity contribution < 1.29 is 9.21 Å². The Morgan fingerprint density at radius 3 is 2.73 bits per heavy atom. The number of anilines is 1. The highest BCUT2D eigenvalue weighted by atomic mass is 16.3. The fourth-order valence-corrected chi connectivity index (χ4v) is 1.32. The van der Waals surface area contributed by atoms with Crippen LogP contribution in [-0.2, 0) is 0 Å². The van der Waals surface area contributed by atoms with Crippen molar-refractivity contribution in [2.45, 2.75) is 0 Å². The fourth-order valence-electron chi connectivity index (χ4n) is 1.32. The van der Waals surface area contributed by atoms with Crippen LogP contribution in [0.3, 0.4) is 0 Å². The normalized spacial score (nSPS) is 10.4. The van der Waals surface area contributed by atoms with E-state index in [-0.39, 0.29) is 16.8 Å². The predicted octanol–water partition coefficient (Wildman–Crippen LogP) is 0.474. The number of nitrogen functional groups attached to an aromatic ring is 1. The molecule has 1 heterocycles. The Kier molecular flexibility index (Phi) is 1.93. The summed E-state index contributed by atoms with van der Waals surface area (Å²) in [5, 5.41) is 0.333. The van der Waals surface area contributed by atoms with Gasteiger partial charge in [0.05, 0.1) is 11.1 Å². The van der Waals surface area contributed by atoms with Crippen molar-refractivity contribution in [1.82, 2.24) is 0 Å². The molecule has 4 N–H and O–H groups in total. The molecule has 0 aliphatic carbocycles. The summed E-state index contributed by atoms with van der Waals surface area (Å²) in [6.07, 6.45) is 0. The Balaban J connectivity index is 2.92. The molecule has 0 unspecified atom stereocenters. The van der Waals surface area contributed by atoms with Gasteiger partial charge >= 0.3 is 0 Å².